The largest absolute Gasteiger partial charge is 0.384 e. The van der Waals surface area contributed by atoms with Gasteiger partial charge < -0.3 is 14.7 Å². The Morgan fingerprint density at radius 1 is 1.30 bits per heavy atom. The second-order valence-electron chi connectivity index (χ2n) is 6.83. The zero-order valence-corrected chi connectivity index (χ0v) is 13.9. The summed E-state index contributed by atoms with van der Waals surface area (Å²) in [5.74, 6) is 0.698. The first-order valence-electron chi connectivity index (χ1n) is 8.28. The molecule has 0 bridgehead atoms. The van der Waals surface area contributed by atoms with Gasteiger partial charge in [0.1, 0.15) is 5.60 Å². The molecular formula is C18H25N3O2. The molecule has 23 heavy (non-hydrogen) atoms. The average Bonchev–Trinajstić information content (AvgIpc) is 2.55. The van der Waals surface area contributed by atoms with Gasteiger partial charge in [0, 0.05) is 43.9 Å². The van der Waals surface area contributed by atoms with Crippen molar-refractivity contribution in [3.05, 3.63) is 35.8 Å². The lowest BCUT2D eigenvalue weighted by Gasteiger charge is -2.29. The minimum Gasteiger partial charge on any atom is -0.384 e. The summed E-state index contributed by atoms with van der Waals surface area (Å²) in [4.78, 5) is 11.2. The fourth-order valence-electron chi connectivity index (χ4n) is 2.95. The molecule has 3 heterocycles. The minimum atomic E-state index is -0.919. The van der Waals surface area contributed by atoms with Gasteiger partial charge in [-0.15, -0.1) is 0 Å². The van der Waals surface area contributed by atoms with E-state index in [4.69, 9.17) is 4.74 Å². The van der Waals surface area contributed by atoms with E-state index in [1.165, 1.54) is 0 Å². The summed E-state index contributed by atoms with van der Waals surface area (Å²) in [7, 11) is 0. The number of pyridine rings is 1. The number of nitrogens with zero attached hydrogens (tertiary/aromatic N) is 3. The van der Waals surface area contributed by atoms with Gasteiger partial charge >= 0.3 is 0 Å². The average molecular weight is 315 g/mol. The van der Waals surface area contributed by atoms with Gasteiger partial charge in [-0.25, -0.2) is 0 Å². The highest BCUT2D eigenvalue weighted by atomic mass is 16.5. The maximum atomic E-state index is 9.99. The van der Waals surface area contributed by atoms with Crippen molar-refractivity contribution in [1.29, 1.82) is 0 Å². The molecule has 5 heteroatoms. The normalized spacial score (nSPS) is 19.8. The van der Waals surface area contributed by atoms with Gasteiger partial charge in [0.15, 0.2) is 0 Å². The molecule has 1 saturated heterocycles. The molecule has 1 aromatic rings. The molecule has 0 saturated carbocycles. The number of aliphatic imine (C=N–C) groups is 1. The van der Waals surface area contributed by atoms with Crippen LogP contribution >= 0.6 is 0 Å². The minimum absolute atomic E-state index is 0.667. The van der Waals surface area contributed by atoms with E-state index in [2.05, 4.69) is 21.1 Å². The quantitative estimate of drug-likeness (QED) is 0.927. The molecule has 0 aromatic carbocycles. The monoisotopic (exact) mass is 315 g/mol. The first-order chi connectivity index (χ1) is 11.0. The molecule has 2 aliphatic rings. The SMILES string of the molecule is CC(C)(O)c1ccc(C2=CN(CC3CCOCC3)CC=N2)cn1. The van der Waals surface area contributed by atoms with Crippen LogP contribution in [-0.4, -0.2) is 47.5 Å². The van der Waals surface area contributed by atoms with Crippen LogP contribution in [0.2, 0.25) is 0 Å². The van der Waals surface area contributed by atoms with Crippen molar-refractivity contribution in [1.82, 2.24) is 9.88 Å². The third kappa shape index (κ3) is 4.18. The Hall–Kier alpha value is -1.72. The maximum Gasteiger partial charge on any atom is 0.101 e. The standard InChI is InChI=1S/C18H25N3O2/c1-18(2,22)17-4-3-15(11-20-17)16-13-21(8-7-19-16)12-14-5-9-23-10-6-14/h3-4,7,11,13-14,22H,5-6,8-10,12H2,1-2H3. The molecule has 0 radical (unpaired) electrons. The second kappa shape index (κ2) is 6.81. The molecule has 0 unspecified atom stereocenters. The van der Waals surface area contributed by atoms with Crippen LogP contribution in [0.1, 0.15) is 37.9 Å². The van der Waals surface area contributed by atoms with E-state index in [1.807, 2.05) is 18.3 Å². The van der Waals surface area contributed by atoms with Gasteiger partial charge in [-0.2, -0.15) is 0 Å². The lowest BCUT2D eigenvalue weighted by atomic mass is 9.99. The zero-order valence-electron chi connectivity index (χ0n) is 13.9. The summed E-state index contributed by atoms with van der Waals surface area (Å²) >= 11 is 0. The molecule has 1 N–H and O–H groups in total. The van der Waals surface area contributed by atoms with Gasteiger partial charge in [0.05, 0.1) is 17.9 Å². The number of hydrogen-bond donors (Lipinski definition) is 1. The van der Waals surface area contributed by atoms with Gasteiger partial charge in [-0.1, -0.05) is 0 Å². The Labute approximate surface area is 137 Å². The van der Waals surface area contributed by atoms with E-state index < -0.39 is 5.60 Å². The van der Waals surface area contributed by atoms with Crippen molar-refractivity contribution in [3.8, 4) is 0 Å². The molecule has 1 fully saturated rings. The number of hydrogen-bond acceptors (Lipinski definition) is 5. The van der Waals surface area contributed by atoms with Crippen LogP contribution < -0.4 is 0 Å². The highest BCUT2D eigenvalue weighted by Gasteiger charge is 2.19. The summed E-state index contributed by atoms with van der Waals surface area (Å²) in [6.45, 7) is 7.15. The summed E-state index contributed by atoms with van der Waals surface area (Å²) in [5, 5.41) is 9.99. The Balaban J connectivity index is 1.69. The smallest absolute Gasteiger partial charge is 0.101 e. The molecule has 5 nitrogen and oxygen atoms in total. The molecular weight excluding hydrogens is 290 g/mol. The molecule has 1 aromatic heterocycles. The van der Waals surface area contributed by atoms with Crippen LogP contribution in [0.5, 0.6) is 0 Å². The van der Waals surface area contributed by atoms with Crippen LogP contribution in [-0.2, 0) is 10.3 Å². The second-order valence-corrected chi connectivity index (χ2v) is 6.83. The first-order valence-corrected chi connectivity index (χ1v) is 8.28. The van der Waals surface area contributed by atoms with E-state index in [0.717, 1.165) is 50.4 Å². The third-order valence-corrected chi connectivity index (χ3v) is 4.37. The summed E-state index contributed by atoms with van der Waals surface area (Å²) < 4.78 is 5.43. The molecule has 0 aliphatic carbocycles. The van der Waals surface area contributed by atoms with E-state index in [9.17, 15) is 5.11 Å². The summed E-state index contributed by atoms with van der Waals surface area (Å²) in [5.41, 5.74) is 1.66. The molecule has 2 aliphatic heterocycles. The first kappa shape index (κ1) is 16.1. The van der Waals surface area contributed by atoms with E-state index >= 15 is 0 Å². The molecule has 0 spiro atoms. The molecule has 0 atom stereocenters. The molecule has 0 amide bonds. The highest BCUT2D eigenvalue weighted by Crippen LogP contribution is 2.23. The van der Waals surface area contributed by atoms with Gasteiger partial charge in [0.25, 0.3) is 0 Å². The Morgan fingerprint density at radius 2 is 2.09 bits per heavy atom. The topological polar surface area (TPSA) is 58.0 Å². The maximum absolute atomic E-state index is 9.99. The summed E-state index contributed by atoms with van der Waals surface area (Å²) in [6.07, 6.45) is 8.14. The fourth-order valence-corrected chi connectivity index (χ4v) is 2.95. The highest BCUT2D eigenvalue weighted by molar-refractivity contribution is 5.76. The van der Waals surface area contributed by atoms with E-state index in [0.29, 0.717) is 11.6 Å². The Morgan fingerprint density at radius 3 is 2.74 bits per heavy atom. The number of aliphatic hydroxyl groups is 1. The summed E-state index contributed by atoms with van der Waals surface area (Å²) in [6, 6.07) is 3.84. The molecule has 3 rings (SSSR count). The van der Waals surface area contributed by atoms with Crippen LogP contribution in [0, 0.1) is 5.92 Å². The van der Waals surface area contributed by atoms with Gasteiger partial charge in [-0.3, -0.25) is 9.98 Å². The van der Waals surface area contributed by atoms with Crippen molar-refractivity contribution < 1.29 is 9.84 Å². The van der Waals surface area contributed by atoms with Crippen LogP contribution in [0.3, 0.4) is 0 Å². The number of rotatable bonds is 4. The number of aromatic nitrogens is 1. The molecule has 124 valence electrons. The van der Waals surface area contributed by atoms with Gasteiger partial charge in [0.2, 0.25) is 0 Å². The fraction of sp³-hybridized carbons (Fsp3) is 0.556. The number of ether oxygens (including phenoxy) is 1. The predicted molar refractivity (Wildman–Crippen MR) is 91.1 cm³/mol. The van der Waals surface area contributed by atoms with Crippen LogP contribution in [0.4, 0.5) is 0 Å². The van der Waals surface area contributed by atoms with E-state index in [-0.39, 0.29) is 0 Å². The lowest BCUT2D eigenvalue weighted by Crippen LogP contribution is -2.31. The predicted octanol–water partition coefficient (Wildman–Crippen LogP) is 2.42. The lowest BCUT2D eigenvalue weighted by molar-refractivity contribution is 0.0591. The Bertz CT molecular complexity index is 581. The third-order valence-electron chi connectivity index (χ3n) is 4.37. The van der Waals surface area contributed by atoms with Crippen LogP contribution in [0.15, 0.2) is 29.5 Å². The van der Waals surface area contributed by atoms with Crippen molar-refractivity contribution in [2.75, 3.05) is 26.3 Å². The van der Waals surface area contributed by atoms with Crippen molar-refractivity contribution >= 4 is 11.9 Å². The van der Waals surface area contributed by atoms with Crippen molar-refractivity contribution in [2.45, 2.75) is 32.3 Å². The van der Waals surface area contributed by atoms with E-state index in [1.54, 1.807) is 20.0 Å². The van der Waals surface area contributed by atoms with Crippen LogP contribution in [0.25, 0.3) is 5.70 Å². The van der Waals surface area contributed by atoms with Crippen molar-refractivity contribution in [2.24, 2.45) is 10.9 Å². The zero-order chi connectivity index (χ0) is 16.3. The Kier molecular flexibility index (Phi) is 4.78. The van der Waals surface area contributed by atoms with Crippen molar-refractivity contribution in [3.63, 3.8) is 0 Å². The van der Waals surface area contributed by atoms with Gasteiger partial charge in [-0.05, 0) is 44.7 Å².